The number of aryl methyl sites for hydroxylation is 1. The van der Waals surface area contributed by atoms with Crippen LogP contribution in [0.15, 0.2) is 48.7 Å². The number of para-hydroxylation sites is 1. The molecule has 1 aromatic carbocycles. The second-order valence-electron chi connectivity index (χ2n) is 4.07. The van der Waals surface area contributed by atoms with Gasteiger partial charge in [-0.1, -0.05) is 29.3 Å². The molecule has 0 radical (unpaired) electrons. The van der Waals surface area contributed by atoms with Gasteiger partial charge in [-0.25, -0.2) is 9.67 Å². The highest BCUT2D eigenvalue weighted by Gasteiger charge is 2.01. The zero-order chi connectivity index (χ0) is 12.9. The lowest BCUT2D eigenvalue weighted by molar-refractivity contribution is 0.620. The minimum Gasteiger partial charge on any atom is -0.248 e. The standard InChI is InChI=1S/C15H12N4/c1-2-10-15-14(9-1)17-18-19(15)12-6-4-8-13-7-3-5-11-16-13/h1-3,5,7,9-11H,6,12H2. The van der Waals surface area contributed by atoms with Gasteiger partial charge in [0, 0.05) is 12.6 Å². The fourth-order valence-corrected chi connectivity index (χ4v) is 1.83. The third-order valence-corrected chi connectivity index (χ3v) is 2.75. The van der Waals surface area contributed by atoms with Crippen LogP contribution in [0.1, 0.15) is 12.1 Å². The molecule has 0 unspecified atom stereocenters. The number of rotatable bonds is 2. The summed E-state index contributed by atoms with van der Waals surface area (Å²) in [4.78, 5) is 4.15. The second kappa shape index (κ2) is 5.32. The van der Waals surface area contributed by atoms with Crippen LogP contribution in [-0.2, 0) is 6.54 Å². The Bertz CT molecular complexity index is 735. The summed E-state index contributed by atoms with van der Waals surface area (Å²) >= 11 is 0. The Balaban J connectivity index is 1.69. The van der Waals surface area contributed by atoms with Crippen molar-refractivity contribution in [3.05, 3.63) is 54.4 Å². The van der Waals surface area contributed by atoms with E-state index in [1.807, 2.05) is 47.1 Å². The minimum atomic E-state index is 0.726. The molecule has 0 atom stereocenters. The van der Waals surface area contributed by atoms with Crippen molar-refractivity contribution >= 4 is 11.0 Å². The van der Waals surface area contributed by atoms with Crippen LogP contribution in [0.4, 0.5) is 0 Å². The van der Waals surface area contributed by atoms with E-state index in [4.69, 9.17) is 0 Å². The summed E-state index contributed by atoms with van der Waals surface area (Å²) in [6.45, 7) is 0.736. The summed E-state index contributed by atoms with van der Waals surface area (Å²) < 4.78 is 1.88. The Morgan fingerprint density at radius 1 is 1.05 bits per heavy atom. The van der Waals surface area contributed by atoms with Gasteiger partial charge in [0.05, 0.1) is 12.1 Å². The van der Waals surface area contributed by atoms with Crippen LogP contribution in [0.2, 0.25) is 0 Å². The van der Waals surface area contributed by atoms with Gasteiger partial charge in [0.2, 0.25) is 0 Å². The van der Waals surface area contributed by atoms with E-state index >= 15 is 0 Å². The molecule has 0 spiro atoms. The van der Waals surface area contributed by atoms with Gasteiger partial charge < -0.3 is 0 Å². The number of aromatic nitrogens is 4. The Hall–Kier alpha value is -2.67. The average molecular weight is 248 g/mol. The summed E-state index contributed by atoms with van der Waals surface area (Å²) in [6, 6.07) is 13.6. The molecule has 2 aromatic heterocycles. The predicted molar refractivity (Wildman–Crippen MR) is 73.3 cm³/mol. The van der Waals surface area contributed by atoms with Crippen molar-refractivity contribution in [2.75, 3.05) is 0 Å². The monoisotopic (exact) mass is 248 g/mol. The Morgan fingerprint density at radius 2 is 1.95 bits per heavy atom. The van der Waals surface area contributed by atoms with Crippen molar-refractivity contribution in [1.82, 2.24) is 20.0 Å². The molecule has 0 bridgehead atoms. The third kappa shape index (κ3) is 2.61. The van der Waals surface area contributed by atoms with Crippen LogP contribution in [0.3, 0.4) is 0 Å². The molecule has 3 rings (SSSR count). The number of hydrogen-bond acceptors (Lipinski definition) is 3. The molecule has 0 N–H and O–H groups in total. The zero-order valence-electron chi connectivity index (χ0n) is 10.3. The highest BCUT2D eigenvalue weighted by atomic mass is 15.4. The molecule has 0 aliphatic rings. The molecule has 0 aliphatic heterocycles. The molecule has 0 saturated carbocycles. The SMILES string of the molecule is C(#Cc1ccccn1)CCn1nnc2ccccc21. The first-order chi connectivity index (χ1) is 9.43. The second-order valence-corrected chi connectivity index (χ2v) is 4.07. The van der Waals surface area contributed by atoms with E-state index in [1.54, 1.807) is 6.20 Å². The third-order valence-electron chi connectivity index (χ3n) is 2.75. The molecule has 3 aromatic rings. The van der Waals surface area contributed by atoms with Gasteiger partial charge >= 0.3 is 0 Å². The molecule has 19 heavy (non-hydrogen) atoms. The Kier molecular flexibility index (Phi) is 3.20. The van der Waals surface area contributed by atoms with E-state index in [9.17, 15) is 0 Å². The van der Waals surface area contributed by atoms with Crippen molar-refractivity contribution in [3.8, 4) is 11.8 Å². The van der Waals surface area contributed by atoms with Gasteiger partial charge in [0.1, 0.15) is 11.2 Å². The van der Waals surface area contributed by atoms with Crippen molar-refractivity contribution in [2.45, 2.75) is 13.0 Å². The number of pyridine rings is 1. The van der Waals surface area contributed by atoms with Crippen molar-refractivity contribution in [2.24, 2.45) is 0 Å². The van der Waals surface area contributed by atoms with E-state index < -0.39 is 0 Å². The first-order valence-corrected chi connectivity index (χ1v) is 6.11. The number of nitrogens with zero attached hydrogens (tertiary/aromatic N) is 4. The maximum Gasteiger partial charge on any atom is 0.113 e. The molecular formula is C15H12N4. The van der Waals surface area contributed by atoms with Gasteiger partial charge in [-0.2, -0.15) is 0 Å². The highest BCUT2D eigenvalue weighted by Crippen LogP contribution is 2.09. The zero-order valence-corrected chi connectivity index (χ0v) is 10.3. The molecule has 0 amide bonds. The quantitative estimate of drug-likeness (QED) is 0.653. The summed E-state index contributed by atoms with van der Waals surface area (Å²) in [6.07, 6.45) is 2.47. The lowest BCUT2D eigenvalue weighted by Crippen LogP contribution is -1.99. The van der Waals surface area contributed by atoms with Gasteiger partial charge in [-0.15, -0.1) is 5.10 Å². The van der Waals surface area contributed by atoms with E-state index in [2.05, 4.69) is 27.1 Å². The van der Waals surface area contributed by atoms with Gasteiger partial charge in [0.15, 0.2) is 0 Å². The fourth-order valence-electron chi connectivity index (χ4n) is 1.83. The molecule has 4 heteroatoms. The normalized spacial score (nSPS) is 10.1. The van der Waals surface area contributed by atoms with Gasteiger partial charge in [-0.05, 0) is 30.2 Å². The fraction of sp³-hybridized carbons (Fsp3) is 0.133. The van der Waals surface area contributed by atoms with Crippen LogP contribution in [0, 0.1) is 11.8 Å². The van der Waals surface area contributed by atoms with E-state index in [1.165, 1.54) is 0 Å². The van der Waals surface area contributed by atoms with E-state index in [0.29, 0.717) is 0 Å². The van der Waals surface area contributed by atoms with Gasteiger partial charge in [-0.3, -0.25) is 0 Å². The maximum atomic E-state index is 4.15. The van der Waals surface area contributed by atoms with Crippen molar-refractivity contribution < 1.29 is 0 Å². The van der Waals surface area contributed by atoms with Crippen LogP contribution in [0.25, 0.3) is 11.0 Å². The number of fused-ring (bicyclic) bond motifs is 1. The molecule has 0 fully saturated rings. The summed E-state index contributed by atoms with van der Waals surface area (Å²) in [5.74, 6) is 6.14. The summed E-state index contributed by atoms with van der Waals surface area (Å²) in [5.41, 5.74) is 2.76. The lowest BCUT2D eigenvalue weighted by atomic mass is 10.3. The summed E-state index contributed by atoms with van der Waals surface area (Å²) in [7, 11) is 0. The molecule has 4 nitrogen and oxygen atoms in total. The predicted octanol–water partition coefficient (Wildman–Crippen LogP) is 2.27. The topological polar surface area (TPSA) is 43.6 Å². The molecule has 2 heterocycles. The first-order valence-electron chi connectivity index (χ1n) is 6.11. The minimum absolute atomic E-state index is 0.726. The largest absolute Gasteiger partial charge is 0.248 e. The van der Waals surface area contributed by atoms with Crippen LogP contribution in [-0.4, -0.2) is 20.0 Å². The van der Waals surface area contributed by atoms with Crippen LogP contribution in [0.5, 0.6) is 0 Å². The number of hydrogen-bond donors (Lipinski definition) is 0. The molecule has 92 valence electrons. The number of benzene rings is 1. The molecule has 0 saturated heterocycles. The maximum absolute atomic E-state index is 4.15. The van der Waals surface area contributed by atoms with Crippen LogP contribution >= 0.6 is 0 Å². The lowest BCUT2D eigenvalue weighted by Gasteiger charge is -1.97. The smallest absolute Gasteiger partial charge is 0.113 e. The molecule has 0 aliphatic carbocycles. The Labute approximate surface area is 111 Å². The first kappa shape index (κ1) is 11.4. The average Bonchev–Trinajstić information content (AvgIpc) is 2.88. The van der Waals surface area contributed by atoms with E-state index in [-0.39, 0.29) is 0 Å². The summed E-state index contributed by atoms with van der Waals surface area (Å²) in [5, 5.41) is 8.23. The molecular weight excluding hydrogens is 236 g/mol. The van der Waals surface area contributed by atoms with Crippen molar-refractivity contribution in [3.63, 3.8) is 0 Å². The Morgan fingerprint density at radius 3 is 2.84 bits per heavy atom. The highest BCUT2D eigenvalue weighted by molar-refractivity contribution is 5.73. The van der Waals surface area contributed by atoms with Crippen LogP contribution < -0.4 is 0 Å². The van der Waals surface area contributed by atoms with Crippen molar-refractivity contribution in [1.29, 1.82) is 0 Å². The van der Waals surface area contributed by atoms with Gasteiger partial charge in [0.25, 0.3) is 0 Å². The van der Waals surface area contributed by atoms with E-state index in [0.717, 1.165) is 29.7 Å².